The second kappa shape index (κ2) is 9.31. The molecule has 6 N–H and O–H groups in total. The van der Waals surface area contributed by atoms with Crippen LogP contribution in [0.1, 0.15) is 46.3 Å². The zero-order valence-corrected chi connectivity index (χ0v) is 19.9. The van der Waals surface area contributed by atoms with E-state index in [2.05, 4.69) is 15.0 Å². The Hall–Kier alpha value is -1.44. The van der Waals surface area contributed by atoms with Crippen LogP contribution >= 0.6 is 19.2 Å². The van der Waals surface area contributed by atoms with Crippen molar-refractivity contribution in [2.24, 2.45) is 0 Å². The number of rotatable bonds is 9. The van der Waals surface area contributed by atoms with E-state index in [0.29, 0.717) is 0 Å². The Kier molecular flexibility index (Phi) is 7.38. The van der Waals surface area contributed by atoms with Gasteiger partial charge in [-0.05, 0) is 19.8 Å². The number of nitrogens with zero attached hydrogens (tertiary/aromatic N) is 4. The molecule has 0 amide bonds. The van der Waals surface area contributed by atoms with Crippen molar-refractivity contribution in [1.29, 1.82) is 0 Å². The lowest BCUT2D eigenvalue weighted by atomic mass is 9.92. The first-order valence-corrected chi connectivity index (χ1v) is 12.3. The van der Waals surface area contributed by atoms with Gasteiger partial charge in [0, 0.05) is 6.42 Å². The molecule has 1 fully saturated rings. The highest BCUT2D eigenvalue weighted by Crippen LogP contribution is 2.59. The maximum Gasteiger partial charge on any atom is 0.359 e. The molecule has 2 aromatic heterocycles. The van der Waals surface area contributed by atoms with Crippen molar-refractivity contribution in [1.82, 2.24) is 19.5 Å². The summed E-state index contributed by atoms with van der Waals surface area (Å²) in [5.41, 5.74) is 4.11. The van der Waals surface area contributed by atoms with Gasteiger partial charge in [-0.2, -0.15) is 9.97 Å². The molecular weight excluding hydrogens is 484 g/mol. The van der Waals surface area contributed by atoms with Crippen LogP contribution in [0.5, 0.6) is 0 Å². The number of ether oxygens (including phenoxy) is 1. The lowest BCUT2D eigenvalue weighted by molar-refractivity contribution is -0.0804. The summed E-state index contributed by atoms with van der Waals surface area (Å²) in [4.78, 5) is 22.2. The van der Waals surface area contributed by atoms with Crippen molar-refractivity contribution in [3.63, 3.8) is 0 Å². The van der Waals surface area contributed by atoms with Crippen LogP contribution in [-0.4, -0.2) is 75.7 Å². The highest BCUT2D eigenvalue weighted by atomic mass is 35.5. The molecule has 15 heteroatoms. The van der Waals surface area contributed by atoms with Gasteiger partial charge in [-0.15, -0.1) is 0 Å². The molecule has 1 aliphatic heterocycles. The zero-order valence-electron chi connectivity index (χ0n) is 18.3. The molecule has 0 aromatic carbocycles. The Morgan fingerprint density at radius 2 is 2.00 bits per heavy atom. The van der Waals surface area contributed by atoms with Gasteiger partial charge in [-0.25, -0.2) is 9.37 Å². The topological polar surface area (TPSA) is 186 Å². The van der Waals surface area contributed by atoms with Gasteiger partial charge in [0.05, 0.1) is 12.4 Å². The Morgan fingerprint density at radius 3 is 2.58 bits per heavy atom. The molecule has 33 heavy (non-hydrogen) atoms. The highest BCUT2D eigenvalue weighted by molar-refractivity contribution is 7.54. The molecule has 2 aromatic rings. The van der Waals surface area contributed by atoms with E-state index in [9.17, 15) is 29.2 Å². The third kappa shape index (κ3) is 4.73. The Morgan fingerprint density at radius 1 is 1.33 bits per heavy atom. The van der Waals surface area contributed by atoms with Crippen LogP contribution in [0, 0.1) is 0 Å². The van der Waals surface area contributed by atoms with E-state index in [1.165, 1.54) is 24.7 Å². The third-order valence-electron chi connectivity index (χ3n) is 6.06. The van der Waals surface area contributed by atoms with Gasteiger partial charge in [0.15, 0.2) is 22.4 Å². The molecule has 0 aliphatic carbocycles. The van der Waals surface area contributed by atoms with E-state index >= 15 is 0 Å². The summed E-state index contributed by atoms with van der Waals surface area (Å²) in [5, 5.41) is 29.4. The normalized spacial score (nSPS) is 29.0. The van der Waals surface area contributed by atoms with Crippen molar-refractivity contribution in [2.45, 2.75) is 75.5 Å². The molecule has 12 nitrogen and oxygen atoms in total. The molecule has 0 saturated carbocycles. The van der Waals surface area contributed by atoms with E-state index < -0.39 is 49.8 Å². The van der Waals surface area contributed by atoms with E-state index in [-0.39, 0.29) is 41.5 Å². The summed E-state index contributed by atoms with van der Waals surface area (Å²) >= 11 is 6.02. The minimum Gasteiger partial charge on any atom is -0.388 e. The second-order valence-electron chi connectivity index (χ2n) is 8.30. The SMILES string of the molecule is CCC(CF)(C[C@H]1O[C@@H](n2cnc3c(Cl)nc(N)nc32)[C@H](O)[C@@H]1O)OP(=O)(O)C(C)(O)CC. The van der Waals surface area contributed by atoms with Gasteiger partial charge in [-0.1, -0.05) is 25.4 Å². The van der Waals surface area contributed by atoms with Gasteiger partial charge in [0.1, 0.15) is 30.0 Å². The van der Waals surface area contributed by atoms with Crippen LogP contribution in [-0.2, 0) is 13.8 Å². The van der Waals surface area contributed by atoms with Crippen LogP contribution in [0.15, 0.2) is 6.33 Å². The lowest BCUT2D eigenvalue weighted by Gasteiger charge is -2.38. The summed E-state index contributed by atoms with van der Waals surface area (Å²) < 4.78 is 39.3. The minimum atomic E-state index is -4.69. The van der Waals surface area contributed by atoms with Crippen molar-refractivity contribution in [3.05, 3.63) is 11.5 Å². The van der Waals surface area contributed by atoms with Crippen LogP contribution in [0.25, 0.3) is 11.2 Å². The molecule has 3 unspecified atom stereocenters. The maximum atomic E-state index is 14.2. The fraction of sp³-hybridized carbons (Fsp3) is 0.722. The number of halogens is 2. The fourth-order valence-electron chi connectivity index (χ4n) is 3.56. The maximum absolute atomic E-state index is 14.2. The average Bonchev–Trinajstić information content (AvgIpc) is 3.29. The Balaban J connectivity index is 1.89. The van der Waals surface area contributed by atoms with Gasteiger partial charge >= 0.3 is 7.60 Å². The Bertz CT molecular complexity index is 1050. The molecule has 0 radical (unpaired) electrons. The lowest BCUT2D eigenvalue weighted by Crippen LogP contribution is -2.43. The number of hydrogen-bond donors (Lipinski definition) is 5. The molecule has 3 rings (SSSR count). The summed E-state index contributed by atoms with van der Waals surface area (Å²) in [6.07, 6.45) is -4.69. The second-order valence-corrected chi connectivity index (χ2v) is 10.8. The predicted molar refractivity (Wildman–Crippen MR) is 116 cm³/mol. The Labute approximate surface area is 194 Å². The fourth-order valence-corrected chi connectivity index (χ4v) is 5.15. The number of anilines is 1. The van der Waals surface area contributed by atoms with E-state index in [4.69, 9.17) is 26.6 Å². The van der Waals surface area contributed by atoms with E-state index in [1.807, 2.05) is 0 Å². The number of aliphatic hydroxyl groups excluding tert-OH is 2. The number of aromatic nitrogens is 4. The molecule has 1 saturated heterocycles. The average molecular weight is 512 g/mol. The summed E-state index contributed by atoms with van der Waals surface area (Å²) in [6.45, 7) is 2.93. The van der Waals surface area contributed by atoms with Crippen LogP contribution in [0.4, 0.5) is 10.3 Å². The molecule has 1 aliphatic rings. The third-order valence-corrected chi connectivity index (χ3v) is 8.50. The van der Waals surface area contributed by atoms with Crippen molar-refractivity contribution in [2.75, 3.05) is 12.4 Å². The van der Waals surface area contributed by atoms with E-state index in [1.54, 1.807) is 0 Å². The zero-order chi connectivity index (χ0) is 24.8. The smallest absolute Gasteiger partial charge is 0.359 e. The molecule has 0 bridgehead atoms. The van der Waals surface area contributed by atoms with Crippen molar-refractivity contribution in [3.8, 4) is 0 Å². The summed E-state index contributed by atoms with van der Waals surface area (Å²) in [5.74, 6) is -0.142. The largest absolute Gasteiger partial charge is 0.388 e. The predicted octanol–water partition coefficient (Wildman–Crippen LogP) is 1.51. The minimum absolute atomic E-state index is 0.0154. The van der Waals surface area contributed by atoms with Crippen LogP contribution in [0.2, 0.25) is 5.15 Å². The first-order valence-electron chi connectivity index (χ1n) is 10.3. The highest BCUT2D eigenvalue weighted by Gasteiger charge is 2.52. The van der Waals surface area contributed by atoms with E-state index in [0.717, 1.165) is 6.92 Å². The molecular formula is C18H28ClFN5O7P. The molecule has 0 spiro atoms. The van der Waals surface area contributed by atoms with Gasteiger partial charge in [-0.3, -0.25) is 13.7 Å². The van der Waals surface area contributed by atoms with Gasteiger partial charge < -0.3 is 30.7 Å². The number of nitrogen functional groups attached to an aromatic ring is 1. The van der Waals surface area contributed by atoms with Crippen LogP contribution < -0.4 is 5.73 Å². The summed E-state index contributed by atoms with van der Waals surface area (Å²) in [6, 6.07) is 0. The van der Waals surface area contributed by atoms with Crippen molar-refractivity contribution >= 4 is 36.3 Å². The number of aliphatic hydroxyl groups is 3. The van der Waals surface area contributed by atoms with Crippen molar-refractivity contribution < 1.29 is 38.4 Å². The van der Waals surface area contributed by atoms with Gasteiger partial charge in [0.2, 0.25) is 5.95 Å². The molecule has 7 atom stereocenters. The standard InChI is InChI=1S/C18H28ClFN5O7P/c1-4-17(3,28)33(29,30)32-18(5-2,7-20)6-9-11(26)12(27)15(31-9)25-8-22-10-13(19)23-16(21)24-14(10)25/h8-9,11-12,15,26-28H,4-7H2,1-3H3,(H,29,30)(H2,21,23,24)/t9-,11-,12-,15-,17?,18?/m1/s1. The first kappa shape index (κ1) is 26.2. The first-order chi connectivity index (χ1) is 15.3. The monoisotopic (exact) mass is 511 g/mol. The number of fused-ring (bicyclic) bond motifs is 1. The van der Waals surface area contributed by atoms with Crippen LogP contribution in [0.3, 0.4) is 0 Å². The molecule has 3 heterocycles. The van der Waals surface area contributed by atoms with Gasteiger partial charge in [0.25, 0.3) is 0 Å². The number of hydrogen-bond acceptors (Lipinski definition) is 10. The number of alkyl halides is 1. The number of imidazole rings is 1. The summed E-state index contributed by atoms with van der Waals surface area (Å²) in [7, 11) is -4.69. The molecule has 186 valence electrons. The quantitative estimate of drug-likeness (QED) is 0.242. The number of nitrogens with two attached hydrogens (primary N) is 1.